The lowest BCUT2D eigenvalue weighted by Gasteiger charge is -2.39. The first kappa shape index (κ1) is 31.2. The van der Waals surface area contributed by atoms with Gasteiger partial charge in [0.2, 0.25) is 23.0 Å². The number of carboxylic acids is 1. The summed E-state index contributed by atoms with van der Waals surface area (Å²) in [5, 5.41) is 165. The Morgan fingerprint density at radius 3 is 1.68 bits per heavy atom. The first-order chi connectivity index (χ1) is 18.4. The van der Waals surface area contributed by atoms with Crippen molar-refractivity contribution in [1.82, 2.24) is 4.90 Å². The zero-order chi connectivity index (χ0) is 31.9. The largest absolute Gasteiger partial charge is 0.507 e. The summed E-state index contributed by atoms with van der Waals surface area (Å²) in [6.07, 6.45) is 0. The van der Waals surface area contributed by atoms with Gasteiger partial charge in [-0.3, -0.25) is 9.69 Å². The number of carbonyl (C=O) groups excluding carboxylic acids is 1. The molecule has 1 heterocycles. The van der Waals surface area contributed by atoms with Crippen molar-refractivity contribution in [3.05, 3.63) is 22.3 Å². The fourth-order valence-electron chi connectivity index (χ4n) is 4.12. The van der Waals surface area contributed by atoms with Crippen LogP contribution in [0, 0.1) is 0 Å². The Balaban J connectivity index is 2.71. The van der Waals surface area contributed by atoms with Gasteiger partial charge in [0.1, 0.15) is 16.9 Å². The maximum absolute atomic E-state index is 13.7. The minimum absolute atomic E-state index is 0.199. The van der Waals surface area contributed by atoms with Crippen molar-refractivity contribution in [3.8, 4) is 46.0 Å². The van der Waals surface area contributed by atoms with Crippen LogP contribution in [0.3, 0.4) is 0 Å². The van der Waals surface area contributed by atoms with E-state index < -0.39 is 109 Å². The Morgan fingerprint density at radius 2 is 1.22 bits per heavy atom. The van der Waals surface area contributed by atoms with Crippen molar-refractivity contribution in [2.45, 2.75) is 29.4 Å². The molecule has 0 aromatic heterocycles. The molecule has 2 aromatic carbocycles. The van der Waals surface area contributed by atoms with Crippen molar-refractivity contribution in [2.24, 2.45) is 0 Å². The van der Waals surface area contributed by atoms with Gasteiger partial charge in [-0.05, 0) is 14.1 Å². The van der Waals surface area contributed by atoms with Crippen LogP contribution in [0.2, 0.25) is 0 Å². The Kier molecular flexibility index (Phi) is 6.89. The lowest BCUT2D eigenvalue weighted by Crippen LogP contribution is -2.67. The van der Waals surface area contributed by atoms with E-state index >= 15 is 0 Å². The maximum atomic E-state index is 13.7. The van der Waals surface area contributed by atoms with E-state index in [-0.39, 0.29) is 4.90 Å². The van der Waals surface area contributed by atoms with Gasteiger partial charge in [0.15, 0.2) is 23.0 Å². The van der Waals surface area contributed by atoms with E-state index in [2.05, 4.69) is 4.74 Å². The molecule has 16 N–H and O–H groups in total. The van der Waals surface area contributed by atoms with E-state index in [1.807, 2.05) is 0 Å². The zero-order valence-electron chi connectivity index (χ0n) is 20.4. The predicted molar refractivity (Wildman–Crippen MR) is 120 cm³/mol. The number of aromatic hydroxyl groups is 7. The summed E-state index contributed by atoms with van der Waals surface area (Å²) in [5.41, 5.74) is -7.08. The summed E-state index contributed by atoms with van der Waals surface area (Å²) in [6, 6.07) is 0. The first-order valence-electron chi connectivity index (χ1n) is 10.6. The number of hydrogen-bond acceptors (Lipinski definition) is 19. The molecule has 0 bridgehead atoms. The number of rotatable bonds is 6. The van der Waals surface area contributed by atoms with Gasteiger partial charge in [-0.1, -0.05) is 0 Å². The molecule has 1 unspecified atom stereocenters. The Morgan fingerprint density at radius 1 is 0.732 bits per heavy atom. The molecule has 1 aliphatic heterocycles. The number of phenolic OH excluding ortho intramolecular Hbond substituents is 7. The molecular formula is C21H23NO19. The summed E-state index contributed by atoms with van der Waals surface area (Å²) in [7, 11) is 1.54. The van der Waals surface area contributed by atoms with E-state index in [4.69, 9.17) is 0 Å². The number of carboxylic acid groups (broad SMARTS) is 1. The van der Waals surface area contributed by atoms with Crippen LogP contribution in [0.5, 0.6) is 46.0 Å². The third-order valence-corrected chi connectivity index (χ3v) is 6.34. The highest BCUT2D eigenvalue weighted by Crippen LogP contribution is 2.62. The molecule has 3 rings (SSSR count). The number of fused-ring (bicyclic) bond motifs is 2. The molecule has 0 fully saturated rings. The molecule has 41 heavy (non-hydrogen) atoms. The number of nitrogens with zero attached hydrogens (tertiary/aromatic N) is 1. The number of phenols is 7. The Hall–Kier alpha value is -4.38. The molecule has 0 saturated carbocycles. The monoisotopic (exact) mass is 593 g/mol. The fraction of sp³-hybridized carbons (Fsp3) is 0.333. The number of likely N-dealkylation sites (N-methyl/N-ethyl adjacent to an activating group) is 1. The average molecular weight is 593 g/mol. The fourth-order valence-corrected chi connectivity index (χ4v) is 4.12. The molecule has 0 aliphatic carbocycles. The summed E-state index contributed by atoms with van der Waals surface area (Å²) < 4.78 is 4.66. The normalized spacial score (nSPS) is 16.9. The molecule has 226 valence electrons. The third-order valence-electron chi connectivity index (χ3n) is 6.34. The van der Waals surface area contributed by atoms with Gasteiger partial charge in [0, 0.05) is 5.56 Å². The van der Waals surface area contributed by atoms with Gasteiger partial charge in [0.05, 0.1) is 11.5 Å². The summed E-state index contributed by atoms with van der Waals surface area (Å²) >= 11 is 0. The van der Waals surface area contributed by atoms with Crippen molar-refractivity contribution in [3.63, 3.8) is 0 Å². The third kappa shape index (κ3) is 4.06. The number of benzene rings is 2. The van der Waals surface area contributed by atoms with Gasteiger partial charge >= 0.3 is 11.9 Å². The highest BCUT2D eigenvalue weighted by Gasteiger charge is 2.61. The second-order valence-electron chi connectivity index (χ2n) is 9.03. The predicted octanol–water partition coefficient (Wildman–Crippen LogP) is -5.08. The van der Waals surface area contributed by atoms with Gasteiger partial charge in [-0.15, -0.1) is 0 Å². The van der Waals surface area contributed by atoms with Gasteiger partial charge < -0.3 is 86.4 Å². The van der Waals surface area contributed by atoms with Crippen LogP contribution in [-0.2, 0) is 21.3 Å². The van der Waals surface area contributed by atoms with E-state index in [9.17, 15) is 91.3 Å². The summed E-state index contributed by atoms with van der Waals surface area (Å²) in [5.74, 6) is -40.3. The Labute approximate surface area is 225 Å². The number of carbonyl (C=O) groups is 2. The van der Waals surface area contributed by atoms with Gasteiger partial charge in [0.25, 0.3) is 17.5 Å². The summed E-state index contributed by atoms with van der Waals surface area (Å²) in [4.78, 5) is 25.3. The number of aliphatic carboxylic acids is 1. The average Bonchev–Trinajstić information content (AvgIpc) is 2.95. The maximum Gasteiger partial charge on any atom is 0.369 e. The van der Waals surface area contributed by atoms with Crippen molar-refractivity contribution in [1.29, 1.82) is 0 Å². The topological polar surface area (TPSA) is 370 Å². The van der Waals surface area contributed by atoms with Crippen LogP contribution in [0.4, 0.5) is 0 Å². The van der Waals surface area contributed by atoms with Gasteiger partial charge in [-0.2, -0.15) is 0 Å². The van der Waals surface area contributed by atoms with Crippen LogP contribution in [0.15, 0.2) is 0 Å². The standard InChI is InChI=1S/C21H23NO19/c1-22(2)21(39,40)19(35,36)16(30)3-4-6(10(25)13(28)12(27)9(4)24)20(37,38)41-15-5(3)8(23)7(11(26)14(15)29)18(33,34)17(31)32/h3,23-29,33-40H,1-2H3,(H,31,32). The lowest BCUT2D eigenvalue weighted by atomic mass is 9.78. The molecule has 0 radical (unpaired) electrons. The zero-order valence-corrected chi connectivity index (χ0v) is 20.4. The second kappa shape index (κ2) is 9.07. The minimum Gasteiger partial charge on any atom is -0.507 e. The molecule has 2 aromatic rings. The summed E-state index contributed by atoms with van der Waals surface area (Å²) in [6.45, 7) is 0. The smallest absolute Gasteiger partial charge is 0.369 e. The quantitative estimate of drug-likeness (QED) is 0.0845. The SMILES string of the molecule is CN(C)C(O)(O)C(O)(O)C(=O)C1c2c(O)c(C(O)(O)C(=O)O)c(O)c(O)c2OC(O)(O)c2c(O)c(O)c(O)c(O)c21. The molecule has 1 atom stereocenters. The lowest BCUT2D eigenvalue weighted by molar-refractivity contribution is -0.386. The number of ketones is 1. The first-order valence-corrected chi connectivity index (χ1v) is 10.6. The number of ether oxygens (including phenoxy) is 1. The van der Waals surface area contributed by atoms with E-state index in [1.165, 1.54) is 0 Å². The van der Waals surface area contributed by atoms with Crippen LogP contribution >= 0.6 is 0 Å². The molecule has 1 aliphatic rings. The number of hydrogen-bond donors (Lipinski definition) is 16. The molecule has 0 spiro atoms. The Bertz CT molecular complexity index is 1470. The molecule has 0 saturated heterocycles. The van der Waals surface area contributed by atoms with E-state index in [0.717, 1.165) is 14.1 Å². The second-order valence-corrected chi connectivity index (χ2v) is 9.03. The number of aliphatic hydroxyl groups is 8. The van der Waals surface area contributed by atoms with Crippen molar-refractivity contribution in [2.75, 3.05) is 14.1 Å². The molecule has 20 nitrogen and oxygen atoms in total. The highest BCUT2D eigenvalue weighted by atomic mass is 16.8. The van der Waals surface area contributed by atoms with Gasteiger partial charge in [-0.25, -0.2) is 4.79 Å². The van der Waals surface area contributed by atoms with E-state index in [1.54, 1.807) is 0 Å². The van der Waals surface area contributed by atoms with Crippen molar-refractivity contribution < 1.29 is 96.0 Å². The highest BCUT2D eigenvalue weighted by molar-refractivity contribution is 5.99. The molecule has 20 heteroatoms. The molecular weight excluding hydrogens is 570 g/mol. The van der Waals surface area contributed by atoms with Crippen LogP contribution in [0.1, 0.15) is 28.2 Å². The minimum atomic E-state index is -4.54. The van der Waals surface area contributed by atoms with E-state index in [0.29, 0.717) is 0 Å². The van der Waals surface area contributed by atoms with Crippen LogP contribution in [-0.4, -0.2) is 124 Å². The number of Topliss-reactive ketones (excluding diaryl/α,β-unsaturated/α-hetero) is 1. The van der Waals surface area contributed by atoms with Crippen molar-refractivity contribution >= 4 is 11.8 Å². The van der Waals surface area contributed by atoms with Crippen LogP contribution in [0.25, 0.3) is 0 Å². The molecule has 0 amide bonds. The van der Waals surface area contributed by atoms with Crippen LogP contribution < -0.4 is 4.74 Å².